The van der Waals surface area contributed by atoms with Crippen LogP contribution in [0.2, 0.25) is 5.02 Å². The number of aromatic nitrogens is 3. The van der Waals surface area contributed by atoms with Crippen LogP contribution < -0.4 is 10.1 Å². The normalized spacial score (nSPS) is 19.7. The molecular weight excluding hydrogens is 384 g/mol. The Kier molecular flexibility index (Phi) is 7.01. The van der Waals surface area contributed by atoms with Gasteiger partial charge in [0.15, 0.2) is 11.0 Å². The zero-order chi connectivity index (χ0) is 19.2. The van der Waals surface area contributed by atoms with Crippen LogP contribution in [0.4, 0.5) is 0 Å². The maximum atomic E-state index is 12.3. The molecule has 1 aromatic heterocycles. The molecule has 1 saturated carbocycles. The number of hydrogen-bond donors (Lipinski definition) is 1. The van der Waals surface area contributed by atoms with Crippen molar-refractivity contribution in [2.75, 3.05) is 5.75 Å². The monoisotopic (exact) mass is 408 g/mol. The molecule has 1 N–H and O–H groups in total. The fraction of sp³-hybridized carbons (Fsp3) is 0.526. The smallest absolute Gasteiger partial charge is 0.230 e. The van der Waals surface area contributed by atoms with Crippen LogP contribution in [0, 0.1) is 5.92 Å². The third-order valence-corrected chi connectivity index (χ3v) is 6.17. The quantitative estimate of drug-likeness (QED) is 0.705. The molecular formula is C19H25ClN4O2S. The average molecular weight is 409 g/mol. The topological polar surface area (TPSA) is 69.0 Å². The number of halogens is 1. The Morgan fingerprint density at radius 1 is 1.30 bits per heavy atom. The van der Waals surface area contributed by atoms with Gasteiger partial charge in [-0.2, -0.15) is 0 Å². The fourth-order valence-electron chi connectivity index (χ4n) is 3.18. The Morgan fingerprint density at radius 2 is 2.04 bits per heavy atom. The number of ether oxygens (including phenoxy) is 1. The van der Waals surface area contributed by atoms with Gasteiger partial charge >= 0.3 is 0 Å². The van der Waals surface area contributed by atoms with E-state index in [9.17, 15) is 4.79 Å². The van der Waals surface area contributed by atoms with Crippen LogP contribution in [-0.2, 0) is 18.4 Å². The number of benzene rings is 1. The molecule has 1 aromatic carbocycles. The third kappa shape index (κ3) is 5.62. The van der Waals surface area contributed by atoms with Crippen LogP contribution in [0.1, 0.15) is 38.4 Å². The van der Waals surface area contributed by atoms with E-state index < -0.39 is 0 Å². The lowest BCUT2D eigenvalue weighted by Gasteiger charge is -2.29. The van der Waals surface area contributed by atoms with Crippen molar-refractivity contribution in [2.45, 2.75) is 50.4 Å². The molecule has 27 heavy (non-hydrogen) atoms. The van der Waals surface area contributed by atoms with Gasteiger partial charge in [0.2, 0.25) is 5.91 Å². The van der Waals surface area contributed by atoms with Crippen molar-refractivity contribution in [3.05, 3.63) is 35.1 Å². The molecule has 0 bridgehead atoms. The van der Waals surface area contributed by atoms with E-state index in [2.05, 4.69) is 22.4 Å². The second kappa shape index (κ2) is 9.46. The molecule has 0 unspecified atom stereocenters. The van der Waals surface area contributed by atoms with Crippen LogP contribution in [0.15, 0.2) is 29.4 Å². The highest BCUT2D eigenvalue weighted by atomic mass is 35.5. The van der Waals surface area contributed by atoms with Gasteiger partial charge in [-0.15, -0.1) is 10.2 Å². The van der Waals surface area contributed by atoms with E-state index in [1.165, 1.54) is 31.0 Å². The van der Waals surface area contributed by atoms with Gasteiger partial charge in [-0.1, -0.05) is 43.1 Å². The van der Waals surface area contributed by atoms with Crippen LogP contribution in [0.3, 0.4) is 0 Å². The highest BCUT2D eigenvalue weighted by Gasteiger charge is 2.23. The molecule has 0 spiro atoms. The first-order valence-corrected chi connectivity index (χ1v) is 10.6. The summed E-state index contributed by atoms with van der Waals surface area (Å²) in [6.45, 7) is 2.52. The molecule has 146 valence electrons. The van der Waals surface area contributed by atoms with Crippen LogP contribution >= 0.6 is 23.4 Å². The third-order valence-electron chi connectivity index (χ3n) is 4.90. The molecule has 1 fully saturated rings. The predicted octanol–water partition coefficient (Wildman–Crippen LogP) is 3.83. The summed E-state index contributed by atoms with van der Waals surface area (Å²) in [5, 5.41) is 12.9. The van der Waals surface area contributed by atoms with Crippen molar-refractivity contribution in [1.82, 2.24) is 20.1 Å². The summed E-state index contributed by atoms with van der Waals surface area (Å²) in [7, 11) is 1.88. The van der Waals surface area contributed by atoms with E-state index in [4.69, 9.17) is 16.3 Å². The maximum Gasteiger partial charge on any atom is 0.230 e. The Morgan fingerprint density at radius 3 is 2.78 bits per heavy atom. The van der Waals surface area contributed by atoms with Crippen LogP contribution in [-0.4, -0.2) is 32.5 Å². The van der Waals surface area contributed by atoms with Gasteiger partial charge in [0.1, 0.15) is 12.4 Å². The second-order valence-corrected chi connectivity index (χ2v) is 8.30. The lowest BCUT2D eigenvalue weighted by molar-refractivity contribution is -0.119. The lowest BCUT2D eigenvalue weighted by atomic mass is 9.86. The Labute approximate surface area is 169 Å². The Bertz CT molecular complexity index is 766. The zero-order valence-electron chi connectivity index (χ0n) is 15.7. The van der Waals surface area contributed by atoms with E-state index in [-0.39, 0.29) is 5.91 Å². The number of hydrogen-bond acceptors (Lipinski definition) is 5. The first kappa shape index (κ1) is 20.0. The number of rotatable bonds is 7. The molecule has 1 aliphatic rings. The largest absolute Gasteiger partial charge is 0.486 e. The van der Waals surface area contributed by atoms with E-state index in [1.807, 2.05) is 23.7 Å². The highest BCUT2D eigenvalue weighted by molar-refractivity contribution is 7.99. The molecule has 8 heteroatoms. The average Bonchev–Trinajstić information content (AvgIpc) is 3.01. The lowest BCUT2D eigenvalue weighted by Crippen LogP contribution is -2.41. The van der Waals surface area contributed by atoms with Gasteiger partial charge in [0.25, 0.3) is 0 Å². The number of carbonyl (C=O) groups excluding carboxylic acids is 1. The van der Waals surface area contributed by atoms with E-state index in [0.717, 1.165) is 12.2 Å². The van der Waals surface area contributed by atoms with Crippen molar-refractivity contribution in [1.29, 1.82) is 0 Å². The van der Waals surface area contributed by atoms with Crippen molar-refractivity contribution in [3.8, 4) is 5.75 Å². The number of thioether (sulfide) groups is 1. The van der Waals surface area contributed by atoms with Gasteiger partial charge in [-0.05, 0) is 43.0 Å². The minimum absolute atomic E-state index is 0.0562. The number of nitrogens with zero attached hydrogens (tertiary/aromatic N) is 3. The number of carbonyl (C=O) groups is 1. The van der Waals surface area contributed by atoms with E-state index in [0.29, 0.717) is 40.3 Å². The zero-order valence-corrected chi connectivity index (χ0v) is 17.2. The summed E-state index contributed by atoms with van der Waals surface area (Å²) in [5.41, 5.74) is 0. The Hall–Kier alpha value is -1.73. The van der Waals surface area contributed by atoms with Gasteiger partial charge in [0, 0.05) is 18.1 Å². The second-order valence-electron chi connectivity index (χ2n) is 6.92. The van der Waals surface area contributed by atoms with Crippen molar-refractivity contribution >= 4 is 29.3 Å². The molecule has 1 aliphatic carbocycles. The Balaban J connectivity index is 1.48. The minimum Gasteiger partial charge on any atom is -0.486 e. The van der Waals surface area contributed by atoms with Gasteiger partial charge < -0.3 is 14.6 Å². The van der Waals surface area contributed by atoms with Crippen molar-refractivity contribution in [2.24, 2.45) is 13.0 Å². The molecule has 1 heterocycles. The minimum atomic E-state index is 0.0562. The van der Waals surface area contributed by atoms with E-state index >= 15 is 0 Å². The molecule has 6 nitrogen and oxygen atoms in total. The van der Waals surface area contributed by atoms with Gasteiger partial charge in [-0.25, -0.2) is 0 Å². The van der Waals surface area contributed by atoms with Crippen LogP contribution in [0.5, 0.6) is 5.75 Å². The molecule has 3 rings (SSSR count). The maximum absolute atomic E-state index is 12.3. The summed E-state index contributed by atoms with van der Waals surface area (Å²) in [5.74, 6) is 2.37. The first-order chi connectivity index (χ1) is 13.0. The summed E-state index contributed by atoms with van der Waals surface area (Å²) in [6, 6.07) is 7.48. The molecule has 2 atom stereocenters. The standard InChI is InChI=1S/C19H25ClN4O2S/c1-13-5-3-4-6-16(13)21-18(25)12-27-19-23-22-17(24(19)2)11-26-15-9-7-14(20)8-10-15/h7-10,13,16H,3-6,11-12H2,1-2H3,(H,21,25)/t13-,16-/m1/s1. The molecule has 0 aliphatic heterocycles. The predicted molar refractivity (Wildman–Crippen MR) is 107 cm³/mol. The molecule has 1 amide bonds. The summed E-state index contributed by atoms with van der Waals surface area (Å²) >= 11 is 7.26. The summed E-state index contributed by atoms with van der Waals surface area (Å²) in [4.78, 5) is 12.3. The first-order valence-electron chi connectivity index (χ1n) is 9.21. The molecule has 0 radical (unpaired) electrons. The number of amides is 1. The van der Waals surface area contributed by atoms with Crippen molar-refractivity contribution in [3.63, 3.8) is 0 Å². The molecule has 2 aromatic rings. The van der Waals surface area contributed by atoms with Gasteiger partial charge in [-0.3, -0.25) is 4.79 Å². The SMILES string of the molecule is C[C@@H]1CCCC[C@H]1NC(=O)CSc1nnc(COc2ccc(Cl)cc2)n1C. The summed E-state index contributed by atoms with van der Waals surface area (Å²) < 4.78 is 7.57. The molecule has 0 saturated heterocycles. The highest BCUT2D eigenvalue weighted by Crippen LogP contribution is 2.24. The van der Waals surface area contributed by atoms with Crippen molar-refractivity contribution < 1.29 is 9.53 Å². The number of nitrogens with one attached hydrogen (secondary N) is 1. The summed E-state index contributed by atoms with van der Waals surface area (Å²) in [6.07, 6.45) is 4.73. The fourth-order valence-corrected chi connectivity index (χ4v) is 4.05. The van der Waals surface area contributed by atoms with Gasteiger partial charge in [0.05, 0.1) is 5.75 Å². The van der Waals surface area contributed by atoms with E-state index in [1.54, 1.807) is 12.1 Å². The van der Waals surface area contributed by atoms with Crippen LogP contribution in [0.25, 0.3) is 0 Å².